The summed E-state index contributed by atoms with van der Waals surface area (Å²) >= 11 is 0. The van der Waals surface area contributed by atoms with Gasteiger partial charge in [-0.1, -0.05) is 0 Å². The minimum atomic E-state index is -3.66. The standard InChI is InChI=1S/C18H28N2O6S/c1-14(2)26-17-7-6-15(27(22,23)20-8-11-25-12-9-20)13-16(17)19-18(21)5-4-10-24-3/h6-7,13-14H,4-5,8-12H2,1-3H3,(H,19,21). The van der Waals surface area contributed by atoms with Gasteiger partial charge in [0.2, 0.25) is 15.9 Å². The molecular formula is C18H28N2O6S. The van der Waals surface area contributed by atoms with Gasteiger partial charge in [-0.2, -0.15) is 4.31 Å². The molecule has 2 rings (SSSR count). The van der Waals surface area contributed by atoms with Gasteiger partial charge in [0.15, 0.2) is 0 Å². The van der Waals surface area contributed by atoms with Gasteiger partial charge in [-0.25, -0.2) is 8.42 Å². The van der Waals surface area contributed by atoms with Crippen LogP contribution in [-0.2, 0) is 24.3 Å². The van der Waals surface area contributed by atoms with E-state index in [1.165, 1.54) is 16.4 Å². The second-order valence-electron chi connectivity index (χ2n) is 6.49. The molecule has 1 aliphatic rings. The number of hydrogen-bond acceptors (Lipinski definition) is 6. The summed E-state index contributed by atoms with van der Waals surface area (Å²) in [6.07, 6.45) is 0.736. The summed E-state index contributed by atoms with van der Waals surface area (Å²) in [6, 6.07) is 4.54. The molecule has 0 atom stereocenters. The highest BCUT2D eigenvalue weighted by atomic mass is 32.2. The Morgan fingerprint density at radius 3 is 2.63 bits per heavy atom. The molecule has 1 N–H and O–H groups in total. The largest absolute Gasteiger partial charge is 0.489 e. The first kappa shape index (κ1) is 21.6. The number of methoxy groups -OCH3 is 1. The number of hydrogen-bond donors (Lipinski definition) is 1. The molecule has 152 valence electrons. The maximum atomic E-state index is 12.9. The Bertz CT molecular complexity index is 729. The Morgan fingerprint density at radius 1 is 1.30 bits per heavy atom. The number of morpholine rings is 1. The van der Waals surface area contributed by atoms with Crippen LogP contribution in [0, 0.1) is 0 Å². The Morgan fingerprint density at radius 2 is 2.00 bits per heavy atom. The van der Waals surface area contributed by atoms with Crippen molar-refractivity contribution in [2.75, 3.05) is 45.3 Å². The molecule has 1 saturated heterocycles. The van der Waals surface area contributed by atoms with Crippen LogP contribution >= 0.6 is 0 Å². The maximum Gasteiger partial charge on any atom is 0.243 e. The van der Waals surface area contributed by atoms with E-state index in [1.807, 2.05) is 13.8 Å². The smallest absolute Gasteiger partial charge is 0.243 e. The first-order chi connectivity index (χ1) is 12.8. The van der Waals surface area contributed by atoms with Crippen LogP contribution in [0.5, 0.6) is 5.75 Å². The lowest BCUT2D eigenvalue weighted by Crippen LogP contribution is -2.40. The Hall–Kier alpha value is -1.68. The summed E-state index contributed by atoms with van der Waals surface area (Å²) in [7, 11) is -2.08. The summed E-state index contributed by atoms with van der Waals surface area (Å²) in [5.41, 5.74) is 0.348. The summed E-state index contributed by atoms with van der Waals surface area (Å²) in [6.45, 7) is 5.57. The minimum Gasteiger partial charge on any atom is -0.489 e. The molecular weight excluding hydrogens is 372 g/mol. The fourth-order valence-corrected chi connectivity index (χ4v) is 4.08. The molecule has 1 aromatic rings. The minimum absolute atomic E-state index is 0.115. The number of nitrogens with zero attached hydrogens (tertiary/aromatic N) is 1. The molecule has 1 heterocycles. The first-order valence-corrected chi connectivity index (χ1v) is 10.5. The molecule has 0 saturated carbocycles. The molecule has 0 spiro atoms. The lowest BCUT2D eigenvalue weighted by molar-refractivity contribution is -0.116. The van der Waals surface area contributed by atoms with Gasteiger partial charge >= 0.3 is 0 Å². The molecule has 27 heavy (non-hydrogen) atoms. The van der Waals surface area contributed by atoms with Crippen LogP contribution in [0.4, 0.5) is 5.69 Å². The van der Waals surface area contributed by atoms with Crippen LogP contribution in [-0.4, -0.2) is 64.8 Å². The van der Waals surface area contributed by atoms with Gasteiger partial charge in [-0.3, -0.25) is 4.79 Å². The normalized spacial score (nSPS) is 15.7. The molecule has 1 aromatic carbocycles. The van der Waals surface area contributed by atoms with Crippen molar-refractivity contribution >= 4 is 21.6 Å². The average molecular weight is 400 g/mol. The fraction of sp³-hybridized carbons (Fsp3) is 0.611. The summed E-state index contributed by atoms with van der Waals surface area (Å²) in [4.78, 5) is 12.3. The van der Waals surface area contributed by atoms with Crippen molar-refractivity contribution < 1.29 is 27.4 Å². The van der Waals surface area contributed by atoms with E-state index in [4.69, 9.17) is 14.2 Å². The quantitative estimate of drug-likeness (QED) is 0.636. The third kappa shape index (κ3) is 6.17. The van der Waals surface area contributed by atoms with Crippen LogP contribution in [0.25, 0.3) is 0 Å². The summed E-state index contributed by atoms with van der Waals surface area (Å²) < 4.78 is 43.0. The number of rotatable bonds is 9. The zero-order valence-electron chi connectivity index (χ0n) is 16.1. The van der Waals surface area contributed by atoms with Crippen molar-refractivity contribution in [2.45, 2.75) is 37.7 Å². The van der Waals surface area contributed by atoms with E-state index in [0.29, 0.717) is 50.8 Å². The van der Waals surface area contributed by atoms with Crippen LogP contribution in [0.3, 0.4) is 0 Å². The number of amides is 1. The monoisotopic (exact) mass is 400 g/mol. The third-order valence-corrected chi connectivity index (χ3v) is 5.84. The Kier molecular flexibility index (Phi) is 8.03. The number of nitrogens with one attached hydrogen (secondary N) is 1. The van der Waals surface area contributed by atoms with Crippen LogP contribution < -0.4 is 10.1 Å². The Labute approximate surface area is 160 Å². The topological polar surface area (TPSA) is 94.2 Å². The van der Waals surface area contributed by atoms with Crippen LogP contribution in [0.15, 0.2) is 23.1 Å². The lowest BCUT2D eigenvalue weighted by Gasteiger charge is -2.26. The van der Waals surface area contributed by atoms with E-state index < -0.39 is 10.0 Å². The molecule has 0 aliphatic carbocycles. The van der Waals surface area contributed by atoms with Gasteiger partial charge < -0.3 is 19.5 Å². The number of carbonyl (C=O) groups excluding carboxylic acids is 1. The van der Waals surface area contributed by atoms with Crippen molar-refractivity contribution in [2.24, 2.45) is 0 Å². The number of ether oxygens (including phenoxy) is 3. The second-order valence-corrected chi connectivity index (χ2v) is 8.42. The fourth-order valence-electron chi connectivity index (χ4n) is 2.65. The van der Waals surface area contributed by atoms with Crippen LogP contribution in [0.1, 0.15) is 26.7 Å². The number of benzene rings is 1. The number of anilines is 1. The van der Waals surface area contributed by atoms with Crippen molar-refractivity contribution in [1.82, 2.24) is 4.31 Å². The Balaban J connectivity index is 2.25. The van der Waals surface area contributed by atoms with Crippen molar-refractivity contribution in [3.8, 4) is 5.75 Å². The molecule has 0 bridgehead atoms. The predicted molar refractivity (Wildman–Crippen MR) is 102 cm³/mol. The first-order valence-electron chi connectivity index (χ1n) is 9.02. The lowest BCUT2D eigenvalue weighted by atomic mass is 10.2. The predicted octanol–water partition coefficient (Wildman–Crippen LogP) is 1.86. The van der Waals surface area contributed by atoms with Gasteiger partial charge in [0.25, 0.3) is 0 Å². The molecule has 1 fully saturated rings. The third-order valence-electron chi connectivity index (χ3n) is 3.95. The van der Waals surface area contributed by atoms with Gasteiger partial charge in [-0.05, 0) is 38.5 Å². The molecule has 8 nitrogen and oxygen atoms in total. The molecule has 9 heteroatoms. The average Bonchev–Trinajstić information content (AvgIpc) is 2.63. The highest BCUT2D eigenvalue weighted by Gasteiger charge is 2.27. The maximum absolute atomic E-state index is 12.9. The van der Waals surface area contributed by atoms with E-state index in [1.54, 1.807) is 13.2 Å². The highest BCUT2D eigenvalue weighted by Crippen LogP contribution is 2.30. The van der Waals surface area contributed by atoms with Gasteiger partial charge in [0.05, 0.1) is 29.9 Å². The van der Waals surface area contributed by atoms with Crippen LogP contribution in [0.2, 0.25) is 0 Å². The molecule has 0 radical (unpaired) electrons. The van der Waals surface area contributed by atoms with Gasteiger partial charge in [0.1, 0.15) is 5.75 Å². The van der Waals surface area contributed by atoms with E-state index in [9.17, 15) is 13.2 Å². The number of carbonyl (C=O) groups is 1. The van der Waals surface area contributed by atoms with Crippen molar-refractivity contribution in [3.05, 3.63) is 18.2 Å². The van der Waals surface area contributed by atoms with Crippen molar-refractivity contribution in [3.63, 3.8) is 0 Å². The second kappa shape index (κ2) is 10.0. The van der Waals surface area contributed by atoms with E-state index in [-0.39, 0.29) is 23.3 Å². The SMILES string of the molecule is COCCCC(=O)Nc1cc(S(=O)(=O)N2CCOCC2)ccc1OC(C)C. The van der Waals surface area contributed by atoms with Crippen molar-refractivity contribution in [1.29, 1.82) is 0 Å². The zero-order valence-corrected chi connectivity index (χ0v) is 16.9. The van der Waals surface area contributed by atoms with E-state index >= 15 is 0 Å². The molecule has 1 aliphatic heterocycles. The van der Waals surface area contributed by atoms with E-state index in [0.717, 1.165) is 0 Å². The molecule has 0 aromatic heterocycles. The number of sulfonamides is 1. The summed E-state index contributed by atoms with van der Waals surface area (Å²) in [5.74, 6) is 0.215. The highest BCUT2D eigenvalue weighted by molar-refractivity contribution is 7.89. The molecule has 0 unspecified atom stereocenters. The zero-order chi connectivity index (χ0) is 19.9. The van der Waals surface area contributed by atoms with Gasteiger partial charge in [-0.15, -0.1) is 0 Å². The summed E-state index contributed by atoms with van der Waals surface area (Å²) in [5, 5.41) is 2.76. The van der Waals surface area contributed by atoms with Gasteiger partial charge in [0, 0.05) is 33.2 Å². The van der Waals surface area contributed by atoms with E-state index in [2.05, 4.69) is 5.32 Å². The molecule has 1 amide bonds.